The van der Waals surface area contributed by atoms with Gasteiger partial charge in [-0.15, -0.1) is 0 Å². The maximum Gasteiger partial charge on any atom is 0.227 e. The molecule has 3 fully saturated rings. The number of aromatic nitrogens is 1. The van der Waals surface area contributed by atoms with Crippen molar-refractivity contribution in [1.82, 2.24) is 19.7 Å². The van der Waals surface area contributed by atoms with E-state index in [9.17, 15) is 4.79 Å². The van der Waals surface area contributed by atoms with Crippen molar-refractivity contribution in [3.05, 3.63) is 30.1 Å². The Morgan fingerprint density at radius 3 is 2.48 bits per heavy atom. The van der Waals surface area contributed by atoms with Crippen LogP contribution in [0.4, 0.5) is 0 Å². The average Bonchev–Trinajstić information content (AvgIpc) is 3.58. The van der Waals surface area contributed by atoms with E-state index in [2.05, 4.69) is 45.7 Å². The van der Waals surface area contributed by atoms with Crippen LogP contribution in [0.1, 0.15) is 57.9 Å². The molecule has 0 spiro atoms. The first-order valence-electron chi connectivity index (χ1n) is 11.8. The molecule has 2 saturated heterocycles. The Bertz CT molecular complexity index is 652. The number of nitrogens with zero attached hydrogens (tertiary/aromatic N) is 4. The van der Waals surface area contributed by atoms with Gasteiger partial charge in [-0.05, 0) is 81.8 Å². The van der Waals surface area contributed by atoms with Crippen LogP contribution in [0.3, 0.4) is 0 Å². The smallest absolute Gasteiger partial charge is 0.227 e. The van der Waals surface area contributed by atoms with Gasteiger partial charge in [-0.1, -0.05) is 13.8 Å². The van der Waals surface area contributed by atoms with E-state index in [1.807, 2.05) is 12.4 Å². The van der Waals surface area contributed by atoms with Crippen molar-refractivity contribution in [2.24, 2.45) is 11.8 Å². The first-order valence-corrected chi connectivity index (χ1v) is 11.8. The summed E-state index contributed by atoms with van der Waals surface area (Å²) in [5, 5.41) is 0. The van der Waals surface area contributed by atoms with Gasteiger partial charge in [-0.2, -0.15) is 0 Å². The molecule has 0 unspecified atom stereocenters. The van der Waals surface area contributed by atoms with Gasteiger partial charge in [0.2, 0.25) is 5.91 Å². The second kappa shape index (κ2) is 9.57. The molecule has 0 bridgehead atoms. The van der Waals surface area contributed by atoms with Crippen LogP contribution in [-0.2, 0) is 11.3 Å². The average molecular weight is 399 g/mol. The Morgan fingerprint density at radius 1 is 1.10 bits per heavy atom. The first kappa shape index (κ1) is 20.8. The highest BCUT2D eigenvalue weighted by Crippen LogP contribution is 2.32. The zero-order valence-corrected chi connectivity index (χ0v) is 18.3. The molecule has 1 aromatic rings. The molecule has 0 radical (unpaired) electrons. The predicted octanol–water partition coefficient (Wildman–Crippen LogP) is 3.41. The number of rotatable bonds is 7. The molecule has 1 aliphatic carbocycles. The predicted molar refractivity (Wildman–Crippen MR) is 116 cm³/mol. The van der Waals surface area contributed by atoms with Crippen molar-refractivity contribution in [3.8, 4) is 0 Å². The highest BCUT2D eigenvalue weighted by atomic mass is 16.2. The molecule has 1 aromatic heterocycles. The normalized spacial score (nSPS) is 24.7. The number of hydrogen-bond donors (Lipinski definition) is 0. The van der Waals surface area contributed by atoms with E-state index in [0.717, 1.165) is 39.1 Å². The number of amides is 1. The molecule has 5 nitrogen and oxygen atoms in total. The first-order chi connectivity index (χ1) is 14.1. The van der Waals surface area contributed by atoms with Gasteiger partial charge in [0.25, 0.3) is 0 Å². The van der Waals surface area contributed by atoms with Crippen molar-refractivity contribution < 1.29 is 4.79 Å². The highest BCUT2D eigenvalue weighted by molar-refractivity contribution is 5.80. The summed E-state index contributed by atoms with van der Waals surface area (Å²) in [5.41, 5.74) is 1.35. The molecule has 4 rings (SSSR count). The second-order valence-corrected chi connectivity index (χ2v) is 9.81. The molecule has 0 aromatic carbocycles. The van der Waals surface area contributed by atoms with Gasteiger partial charge >= 0.3 is 0 Å². The minimum absolute atomic E-state index is 0.220. The Kier molecular flexibility index (Phi) is 6.86. The number of carbonyl (C=O) groups is 1. The van der Waals surface area contributed by atoms with E-state index in [0.29, 0.717) is 23.9 Å². The van der Waals surface area contributed by atoms with E-state index >= 15 is 0 Å². The van der Waals surface area contributed by atoms with Crippen molar-refractivity contribution in [3.63, 3.8) is 0 Å². The quantitative estimate of drug-likeness (QED) is 0.706. The molecule has 1 saturated carbocycles. The summed E-state index contributed by atoms with van der Waals surface area (Å²) in [6.07, 6.45) is 10.9. The van der Waals surface area contributed by atoms with Crippen molar-refractivity contribution in [1.29, 1.82) is 0 Å². The summed E-state index contributed by atoms with van der Waals surface area (Å²) < 4.78 is 0. The fraction of sp³-hybridized carbons (Fsp3) is 0.750. The summed E-state index contributed by atoms with van der Waals surface area (Å²) in [4.78, 5) is 24.9. The Balaban J connectivity index is 1.28. The molecule has 29 heavy (non-hydrogen) atoms. The number of piperidine rings is 2. The molecule has 1 atom stereocenters. The molecule has 0 N–H and O–H groups in total. The van der Waals surface area contributed by atoms with E-state index in [4.69, 9.17) is 0 Å². The standard InChI is InChI=1S/C24H38N4O/c1-19(2)16-28(23-5-6-23)24(29)21-4-3-13-27(18-21)22-9-14-26(15-10-22)17-20-7-11-25-12-8-20/h7-8,11-12,19,21-23H,3-6,9-10,13-18H2,1-2H3/t21-/m0/s1. The largest absolute Gasteiger partial charge is 0.339 e. The third kappa shape index (κ3) is 5.58. The van der Waals surface area contributed by atoms with Crippen molar-refractivity contribution in [2.45, 2.75) is 71.0 Å². The van der Waals surface area contributed by atoms with Crippen LogP contribution < -0.4 is 0 Å². The van der Waals surface area contributed by atoms with Gasteiger partial charge in [-0.25, -0.2) is 0 Å². The molecule has 1 amide bonds. The molecule has 160 valence electrons. The van der Waals surface area contributed by atoms with Crippen LogP contribution in [0.25, 0.3) is 0 Å². The molecule has 5 heteroatoms. The highest BCUT2D eigenvalue weighted by Gasteiger charge is 2.38. The van der Waals surface area contributed by atoms with Crippen molar-refractivity contribution >= 4 is 5.91 Å². The van der Waals surface area contributed by atoms with Crippen LogP contribution in [0.15, 0.2) is 24.5 Å². The SMILES string of the molecule is CC(C)CN(C(=O)[C@H]1CCCN(C2CCN(Cc3ccncc3)CC2)C1)C1CC1. The molecular formula is C24H38N4O. The summed E-state index contributed by atoms with van der Waals surface area (Å²) in [5.74, 6) is 1.22. The zero-order valence-electron chi connectivity index (χ0n) is 18.3. The summed E-state index contributed by atoms with van der Waals surface area (Å²) in [6.45, 7) is 10.9. The van der Waals surface area contributed by atoms with Gasteiger partial charge in [0.15, 0.2) is 0 Å². The lowest BCUT2D eigenvalue weighted by atomic mass is 9.92. The lowest BCUT2D eigenvalue weighted by Crippen LogP contribution is -2.51. The van der Waals surface area contributed by atoms with Crippen LogP contribution in [0, 0.1) is 11.8 Å². The summed E-state index contributed by atoms with van der Waals surface area (Å²) in [7, 11) is 0. The maximum atomic E-state index is 13.3. The van der Waals surface area contributed by atoms with Crippen LogP contribution >= 0.6 is 0 Å². The van der Waals surface area contributed by atoms with Gasteiger partial charge < -0.3 is 4.90 Å². The van der Waals surface area contributed by atoms with E-state index in [1.165, 1.54) is 44.2 Å². The fourth-order valence-corrected chi connectivity index (χ4v) is 5.16. The second-order valence-electron chi connectivity index (χ2n) is 9.81. The van der Waals surface area contributed by atoms with Gasteiger partial charge in [0.05, 0.1) is 5.92 Å². The topological polar surface area (TPSA) is 39.7 Å². The maximum absolute atomic E-state index is 13.3. The van der Waals surface area contributed by atoms with Crippen LogP contribution in [0.2, 0.25) is 0 Å². The monoisotopic (exact) mass is 398 g/mol. The summed E-state index contributed by atoms with van der Waals surface area (Å²) >= 11 is 0. The van der Waals surface area contributed by atoms with Gasteiger partial charge in [-0.3, -0.25) is 19.6 Å². The molecule has 2 aliphatic heterocycles. The third-order valence-corrected chi connectivity index (χ3v) is 6.86. The summed E-state index contributed by atoms with van der Waals surface area (Å²) in [6, 6.07) is 5.43. The number of pyridine rings is 1. The Hall–Kier alpha value is -1.46. The van der Waals surface area contributed by atoms with Crippen LogP contribution in [-0.4, -0.2) is 70.4 Å². The molecular weight excluding hydrogens is 360 g/mol. The lowest BCUT2D eigenvalue weighted by molar-refractivity contribution is -0.139. The molecule has 3 aliphatic rings. The number of carbonyl (C=O) groups excluding carboxylic acids is 1. The zero-order chi connectivity index (χ0) is 20.2. The van der Waals surface area contributed by atoms with Crippen molar-refractivity contribution in [2.75, 3.05) is 32.7 Å². The number of hydrogen-bond acceptors (Lipinski definition) is 4. The van der Waals surface area contributed by atoms with Gasteiger partial charge in [0, 0.05) is 44.1 Å². The molecule has 3 heterocycles. The number of likely N-dealkylation sites (tertiary alicyclic amines) is 2. The minimum Gasteiger partial charge on any atom is -0.339 e. The van der Waals surface area contributed by atoms with E-state index < -0.39 is 0 Å². The third-order valence-electron chi connectivity index (χ3n) is 6.86. The van der Waals surface area contributed by atoms with Gasteiger partial charge in [0.1, 0.15) is 0 Å². The lowest BCUT2D eigenvalue weighted by Gasteiger charge is -2.43. The van der Waals surface area contributed by atoms with E-state index in [-0.39, 0.29) is 5.92 Å². The fourth-order valence-electron chi connectivity index (χ4n) is 5.16. The van der Waals surface area contributed by atoms with E-state index in [1.54, 1.807) is 0 Å². The Labute approximate surface area is 176 Å². The Morgan fingerprint density at radius 2 is 1.83 bits per heavy atom. The minimum atomic E-state index is 0.220. The van der Waals surface area contributed by atoms with Crippen LogP contribution in [0.5, 0.6) is 0 Å².